The fourth-order valence-corrected chi connectivity index (χ4v) is 3.55. The number of carbonyl (C=O) groups excluding carboxylic acids is 1. The highest BCUT2D eigenvalue weighted by molar-refractivity contribution is 7.92. The van der Waals surface area contributed by atoms with Gasteiger partial charge < -0.3 is 11.1 Å². The molecule has 3 N–H and O–H groups in total. The van der Waals surface area contributed by atoms with Gasteiger partial charge in [0, 0.05) is 19.2 Å². The number of nitrogens with one attached hydrogen (secondary N) is 1. The Balaban J connectivity index is 0.00000338. The van der Waals surface area contributed by atoms with Crippen molar-refractivity contribution in [2.45, 2.75) is 17.7 Å². The number of rotatable bonds is 8. The molecule has 0 saturated carbocycles. The van der Waals surface area contributed by atoms with Crippen molar-refractivity contribution in [3.05, 3.63) is 60.2 Å². The molecule has 2 aromatic rings. The average Bonchev–Trinajstić information content (AvgIpc) is 2.65. The number of unbranched alkanes of at least 4 members (excludes halogenated alkanes) is 1. The minimum absolute atomic E-state index is 0. The number of carbonyl (C=O) groups is 1. The Bertz CT molecular complexity index is 813. The lowest BCUT2D eigenvalue weighted by Gasteiger charge is -2.19. The molecule has 26 heavy (non-hydrogen) atoms. The molecule has 0 aromatic heterocycles. The van der Waals surface area contributed by atoms with Crippen molar-refractivity contribution in [1.82, 2.24) is 5.32 Å². The highest BCUT2D eigenvalue weighted by atomic mass is 35.5. The van der Waals surface area contributed by atoms with Crippen molar-refractivity contribution in [3.63, 3.8) is 0 Å². The molecule has 0 unspecified atom stereocenters. The topological polar surface area (TPSA) is 92.5 Å². The maximum atomic E-state index is 12.8. The maximum absolute atomic E-state index is 12.8. The van der Waals surface area contributed by atoms with Gasteiger partial charge in [0.25, 0.3) is 15.9 Å². The Morgan fingerprint density at radius 1 is 1.08 bits per heavy atom. The largest absolute Gasteiger partial charge is 0.352 e. The average molecular weight is 398 g/mol. The normalized spacial score (nSPS) is 10.7. The molecular weight excluding hydrogens is 374 g/mol. The van der Waals surface area contributed by atoms with E-state index in [1.807, 2.05) is 6.07 Å². The molecule has 142 valence electrons. The van der Waals surface area contributed by atoms with Crippen LogP contribution >= 0.6 is 12.4 Å². The molecule has 0 saturated heterocycles. The van der Waals surface area contributed by atoms with Gasteiger partial charge in [0.15, 0.2) is 0 Å². The molecular formula is C18H24ClN3O3S. The predicted molar refractivity (Wildman–Crippen MR) is 106 cm³/mol. The molecule has 1 amide bonds. The van der Waals surface area contributed by atoms with Crippen LogP contribution in [0.15, 0.2) is 59.5 Å². The first-order valence-corrected chi connectivity index (χ1v) is 9.53. The van der Waals surface area contributed by atoms with E-state index in [-0.39, 0.29) is 23.2 Å². The van der Waals surface area contributed by atoms with E-state index in [1.54, 1.807) is 36.4 Å². The second-order valence-corrected chi connectivity index (χ2v) is 7.56. The van der Waals surface area contributed by atoms with E-state index in [4.69, 9.17) is 5.73 Å². The van der Waals surface area contributed by atoms with Gasteiger partial charge >= 0.3 is 0 Å². The zero-order valence-corrected chi connectivity index (χ0v) is 16.2. The summed E-state index contributed by atoms with van der Waals surface area (Å²) < 4.78 is 26.8. The number of anilines is 1. The monoisotopic (exact) mass is 397 g/mol. The third-order valence-electron chi connectivity index (χ3n) is 3.79. The van der Waals surface area contributed by atoms with E-state index in [2.05, 4.69) is 5.32 Å². The summed E-state index contributed by atoms with van der Waals surface area (Å²) in [6.07, 6.45) is 1.62. The minimum Gasteiger partial charge on any atom is -0.352 e. The van der Waals surface area contributed by atoms with Crippen LogP contribution in [0.2, 0.25) is 0 Å². The number of benzene rings is 2. The first kappa shape index (κ1) is 22.0. The zero-order valence-electron chi connectivity index (χ0n) is 14.6. The quantitative estimate of drug-likeness (QED) is 0.669. The summed E-state index contributed by atoms with van der Waals surface area (Å²) in [6, 6.07) is 14.8. The van der Waals surface area contributed by atoms with Crippen LogP contribution in [-0.2, 0) is 10.0 Å². The van der Waals surface area contributed by atoms with Gasteiger partial charge in [-0.15, -0.1) is 12.4 Å². The summed E-state index contributed by atoms with van der Waals surface area (Å²) in [5, 5.41) is 2.77. The van der Waals surface area contributed by atoms with E-state index < -0.39 is 10.0 Å². The Morgan fingerprint density at radius 3 is 2.42 bits per heavy atom. The molecule has 6 nitrogen and oxygen atoms in total. The summed E-state index contributed by atoms with van der Waals surface area (Å²) in [6.45, 7) is 1.09. The number of nitrogens with zero attached hydrogens (tertiary/aromatic N) is 1. The minimum atomic E-state index is -3.74. The van der Waals surface area contributed by atoms with Gasteiger partial charge in [-0.05, 0) is 49.7 Å². The van der Waals surface area contributed by atoms with E-state index in [0.29, 0.717) is 24.3 Å². The van der Waals surface area contributed by atoms with Crippen LogP contribution in [0.3, 0.4) is 0 Å². The maximum Gasteiger partial charge on any atom is 0.264 e. The van der Waals surface area contributed by atoms with Crippen LogP contribution in [0.4, 0.5) is 5.69 Å². The van der Waals surface area contributed by atoms with Crippen LogP contribution in [-0.4, -0.2) is 34.5 Å². The second kappa shape index (κ2) is 10.2. The number of hydrogen-bond acceptors (Lipinski definition) is 4. The van der Waals surface area contributed by atoms with Crippen LogP contribution in [0.25, 0.3) is 0 Å². The smallest absolute Gasteiger partial charge is 0.264 e. The Labute approximate surface area is 160 Å². The summed E-state index contributed by atoms with van der Waals surface area (Å²) in [4.78, 5) is 12.3. The number of hydrogen-bond donors (Lipinski definition) is 2. The SMILES string of the molecule is CN(c1ccccc1)S(=O)(=O)c1cccc(C(=O)NCCCCN)c1.Cl. The van der Waals surface area contributed by atoms with Gasteiger partial charge in [0.2, 0.25) is 0 Å². The fraction of sp³-hybridized carbons (Fsp3) is 0.278. The van der Waals surface area contributed by atoms with Gasteiger partial charge in [-0.2, -0.15) is 0 Å². The number of para-hydroxylation sites is 1. The molecule has 0 aliphatic heterocycles. The fourth-order valence-electron chi connectivity index (χ4n) is 2.31. The zero-order chi connectivity index (χ0) is 18.3. The molecule has 0 fully saturated rings. The standard InChI is InChI=1S/C18H23N3O3S.ClH/c1-21(16-9-3-2-4-10-16)25(23,24)17-11-7-8-15(14-17)18(22)20-13-6-5-12-19;/h2-4,7-11,14H,5-6,12-13,19H2,1H3,(H,20,22);1H. The number of sulfonamides is 1. The number of halogens is 1. The van der Waals surface area contributed by atoms with Crippen LogP contribution in [0, 0.1) is 0 Å². The third-order valence-corrected chi connectivity index (χ3v) is 5.57. The van der Waals surface area contributed by atoms with Crippen molar-refractivity contribution in [2.24, 2.45) is 5.73 Å². The van der Waals surface area contributed by atoms with E-state index in [1.165, 1.54) is 23.5 Å². The van der Waals surface area contributed by atoms with E-state index in [9.17, 15) is 13.2 Å². The molecule has 0 aliphatic carbocycles. The molecule has 8 heteroatoms. The summed E-state index contributed by atoms with van der Waals surface area (Å²) in [5.41, 5.74) is 6.29. The Morgan fingerprint density at radius 2 is 1.77 bits per heavy atom. The van der Waals surface area contributed by atoms with Crippen molar-refractivity contribution in [1.29, 1.82) is 0 Å². The van der Waals surface area contributed by atoms with Crippen molar-refractivity contribution < 1.29 is 13.2 Å². The number of nitrogens with two attached hydrogens (primary N) is 1. The molecule has 2 aromatic carbocycles. The second-order valence-electron chi connectivity index (χ2n) is 5.59. The van der Waals surface area contributed by atoms with Crippen LogP contribution in [0.1, 0.15) is 23.2 Å². The lowest BCUT2D eigenvalue weighted by atomic mass is 10.2. The van der Waals surface area contributed by atoms with Crippen LogP contribution in [0.5, 0.6) is 0 Å². The molecule has 0 aliphatic rings. The van der Waals surface area contributed by atoms with Crippen molar-refractivity contribution >= 4 is 34.0 Å². The molecule has 0 radical (unpaired) electrons. The lowest BCUT2D eigenvalue weighted by molar-refractivity contribution is 0.0953. The molecule has 0 atom stereocenters. The first-order chi connectivity index (χ1) is 12.0. The Hall–Kier alpha value is -2.09. The van der Waals surface area contributed by atoms with Gasteiger partial charge in [-0.25, -0.2) is 8.42 Å². The van der Waals surface area contributed by atoms with Gasteiger partial charge in [0.05, 0.1) is 10.6 Å². The van der Waals surface area contributed by atoms with E-state index >= 15 is 0 Å². The first-order valence-electron chi connectivity index (χ1n) is 8.09. The van der Waals surface area contributed by atoms with Crippen molar-refractivity contribution in [3.8, 4) is 0 Å². The van der Waals surface area contributed by atoms with E-state index in [0.717, 1.165) is 12.8 Å². The molecule has 0 heterocycles. The highest BCUT2D eigenvalue weighted by Gasteiger charge is 2.22. The lowest BCUT2D eigenvalue weighted by Crippen LogP contribution is -2.28. The molecule has 0 spiro atoms. The van der Waals surface area contributed by atoms with Gasteiger partial charge in [-0.3, -0.25) is 9.10 Å². The Kier molecular flexibility index (Phi) is 8.57. The molecule has 0 bridgehead atoms. The van der Waals surface area contributed by atoms with Crippen LogP contribution < -0.4 is 15.4 Å². The van der Waals surface area contributed by atoms with Gasteiger partial charge in [-0.1, -0.05) is 24.3 Å². The predicted octanol–water partition coefficient (Wildman–Crippen LogP) is 2.40. The summed E-state index contributed by atoms with van der Waals surface area (Å²) in [7, 11) is -2.25. The number of amides is 1. The summed E-state index contributed by atoms with van der Waals surface area (Å²) >= 11 is 0. The molecule has 2 rings (SSSR count). The highest BCUT2D eigenvalue weighted by Crippen LogP contribution is 2.22. The third kappa shape index (κ3) is 5.45. The van der Waals surface area contributed by atoms with Crippen molar-refractivity contribution in [2.75, 3.05) is 24.4 Å². The summed E-state index contributed by atoms with van der Waals surface area (Å²) in [5.74, 6) is -0.295. The van der Waals surface area contributed by atoms with Gasteiger partial charge in [0.1, 0.15) is 0 Å².